The average Bonchev–Trinajstić information content (AvgIpc) is 1.82. The minimum absolute atomic E-state index is 0.0906. The Kier molecular flexibility index (Phi) is 4.34. The minimum atomic E-state index is -4.00. The van der Waals surface area contributed by atoms with Gasteiger partial charge in [0.25, 0.3) is 10.1 Å². The molecule has 0 aliphatic rings. The maximum absolute atomic E-state index is 11.1. The molecule has 0 aromatic rings. The van der Waals surface area contributed by atoms with E-state index >= 15 is 0 Å². The lowest BCUT2D eigenvalue weighted by atomic mass is 10.2. The lowest BCUT2D eigenvalue weighted by Gasteiger charge is -2.14. The van der Waals surface area contributed by atoms with Crippen LogP contribution in [-0.4, -0.2) is 35.5 Å². The Morgan fingerprint density at radius 3 is 2.31 bits per heavy atom. The Balaban J connectivity index is 3.87. The number of halogens is 1. The molecule has 0 aromatic heterocycles. The molecule has 13 heavy (non-hydrogen) atoms. The summed E-state index contributed by atoms with van der Waals surface area (Å²) in [5.41, 5.74) is 0. The summed E-state index contributed by atoms with van der Waals surface area (Å²) in [6, 6.07) is 0. The van der Waals surface area contributed by atoms with Crippen molar-refractivity contribution in [1.82, 2.24) is 5.32 Å². The first-order chi connectivity index (χ1) is 5.63. The maximum atomic E-state index is 11.1. The number of hydrogen-bond donors (Lipinski definition) is 2. The Hall–Kier alpha value is -0.140. The average molecular weight is 274 g/mol. The summed E-state index contributed by atoms with van der Waals surface area (Å²) >= 11 is 3.10. The summed E-state index contributed by atoms with van der Waals surface area (Å²) in [5, 5.41) is 2.35. The molecule has 0 saturated carbocycles. The van der Waals surface area contributed by atoms with Crippen molar-refractivity contribution in [2.24, 2.45) is 0 Å². The maximum Gasteiger partial charge on any atom is 0.266 e. The van der Waals surface area contributed by atoms with Crippen LogP contribution in [0.3, 0.4) is 0 Å². The predicted octanol–water partition coefficient (Wildman–Crippen LogP) is 0.164. The number of rotatable bonds is 4. The highest BCUT2D eigenvalue weighted by Gasteiger charge is 2.23. The smallest absolute Gasteiger partial charge is 0.266 e. The van der Waals surface area contributed by atoms with Gasteiger partial charge in [0.1, 0.15) is 0 Å². The monoisotopic (exact) mass is 273 g/mol. The number of hydrogen-bond acceptors (Lipinski definition) is 3. The van der Waals surface area contributed by atoms with Crippen molar-refractivity contribution >= 4 is 32.0 Å². The molecule has 0 aliphatic carbocycles. The third-order valence-corrected chi connectivity index (χ3v) is 2.27. The highest BCUT2D eigenvalue weighted by Crippen LogP contribution is 2.14. The van der Waals surface area contributed by atoms with Gasteiger partial charge in [-0.15, -0.1) is 0 Å². The molecule has 0 radical (unpaired) electrons. The van der Waals surface area contributed by atoms with Gasteiger partial charge in [-0.05, 0) is 13.8 Å². The van der Waals surface area contributed by atoms with Crippen molar-refractivity contribution in [2.45, 2.75) is 18.2 Å². The Labute approximate surface area is 85.8 Å². The molecule has 0 unspecified atom stereocenters. The van der Waals surface area contributed by atoms with E-state index in [2.05, 4.69) is 21.2 Å². The van der Waals surface area contributed by atoms with Gasteiger partial charge < -0.3 is 5.32 Å². The molecule has 0 saturated heterocycles. The van der Waals surface area contributed by atoms with Gasteiger partial charge >= 0.3 is 0 Å². The molecule has 5 nitrogen and oxygen atoms in total. The third-order valence-electron chi connectivity index (χ3n) is 1.19. The molecule has 78 valence electrons. The zero-order chi connectivity index (χ0) is 10.7. The van der Waals surface area contributed by atoms with Gasteiger partial charge in [-0.25, -0.2) is 0 Å². The topological polar surface area (TPSA) is 83.5 Å². The molecule has 1 amide bonds. The molecule has 0 atom stereocenters. The number of nitrogens with one attached hydrogen (secondary N) is 1. The van der Waals surface area contributed by atoms with E-state index in [1.165, 1.54) is 0 Å². The second-order valence-corrected chi connectivity index (χ2v) is 6.57. The van der Waals surface area contributed by atoms with Gasteiger partial charge in [-0.2, -0.15) is 8.42 Å². The van der Waals surface area contributed by atoms with Crippen molar-refractivity contribution in [3.05, 3.63) is 0 Å². The molecule has 0 spiro atoms. The SMILES string of the molecule is CC(C)(Br)C(=O)NCCS(=O)(=O)O. The first-order valence-electron chi connectivity index (χ1n) is 3.55. The summed E-state index contributed by atoms with van der Waals surface area (Å²) in [5.74, 6) is -0.793. The minimum Gasteiger partial charge on any atom is -0.354 e. The van der Waals surface area contributed by atoms with Crippen molar-refractivity contribution in [2.75, 3.05) is 12.3 Å². The molecule has 0 fully saturated rings. The van der Waals surface area contributed by atoms with Crippen LogP contribution in [0.15, 0.2) is 0 Å². The fraction of sp³-hybridized carbons (Fsp3) is 0.833. The normalized spacial score (nSPS) is 12.6. The summed E-state index contributed by atoms with van der Waals surface area (Å²) in [4.78, 5) is 11.1. The molecular weight excluding hydrogens is 262 g/mol. The first kappa shape index (κ1) is 12.9. The number of carbonyl (C=O) groups is 1. The van der Waals surface area contributed by atoms with Gasteiger partial charge in [0.15, 0.2) is 0 Å². The van der Waals surface area contributed by atoms with Gasteiger partial charge in [-0.1, -0.05) is 15.9 Å². The van der Waals surface area contributed by atoms with E-state index in [1.807, 2.05) is 0 Å². The van der Waals surface area contributed by atoms with E-state index in [1.54, 1.807) is 13.8 Å². The van der Waals surface area contributed by atoms with Crippen LogP contribution in [0.2, 0.25) is 0 Å². The fourth-order valence-corrected chi connectivity index (χ4v) is 1.00. The predicted molar refractivity (Wildman–Crippen MR) is 52.4 cm³/mol. The molecular formula is C6H12BrNO4S. The van der Waals surface area contributed by atoms with Crippen LogP contribution in [0.25, 0.3) is 0 Å². The van der Waals surface area contributed by atoms with Crippen molar-refractivity contribution in [3.8, 4) is 0 Å². The largest absolute Gasteiger partial charge is 0.354 e. The molecule has 7 heteroatoms. The van der Waals surface area contributed by atoms with E-state index in [0.717, 1.165) is 0 Å². The van der Waals surface area contributed by atoms with Crippen LogP contribution in [0, 0.1) is 0 Å². The van der Waals surface area contributed by atoms with Crippen molar-refractivity contribution in [3.63, 3.8) is 0 Å². The standard InChI is InChI=1S/C6H12BrNO4S/c1-6(2,7)5(9)8-3-4-13(10,11)12/h3-4H2,1-2H3,(H,8,9)(H,10,11,12). The van der Waals surface area contributed by atoms with E-state index in [0.29, 0.717) is 0 Å². The van der Waals surface area contributed by atoms with Crippen LogP contribution in [0.1, 0.15) is 13.8 Å². The van der Waals surface area contributed by atoms with Crippen LogP contribution in [0.4, 0.5) is 0 Å². The van der Waals surface area contributed by atoms with Gasteiger partial charge in [0.05, 0.1) is 10.1 Å². The van der Waals surface area contributed by atoms with Crippen LogP contribution < -0.4 is 5.32 Å². The second-order valence-electron chi connectivity index (χ2n) is 3.01. The number of carbonyl (C=O) groups excluding carboxylic acids is 1. The summed E-state index contributed by atoms with van der Waals surface area (Å²) < 4.78 is 28.1. The third kappa shape index (κ3) is 6.97. The molecule has 0 aliphatic heterocycles. The van der Waals surface area contributed by atoms with Gasteiger partial charge in [-0.3, -0.25) is 9.35 Å². The lowest BCUT2D eigenvalue weighted by molar-refractivity contribution is -0.122. The summed E-state index contributed by atoms with van der Waals surface area (Å²) in [6.07, 6.45) is 0. The van der Waals surface area contributed by atoms with Crippen LogP contribution >= 0.6 is 15.9 Å². The van der Waals surface area contributed by atoms with Crippen molar-refractivity contribution < 1.29 is 17.8 Å². The molecule has 0 rings (SSSR count). The highest BCUT2D eigenvalue weighted by molar-refractivity contribution is 9.10. The van der Waals surface area contributed by atoms with E-state index < -0.39 is 20.2 Å². The summed E-state index contributed by atoms with van der Waals surface area (Å²) in [7, 11) is -4.00. The quantitative estimate of drug-likeness (QED) is 0.565. The zero-order valence-corrected chi connectivity index (χ0v) is 9.77. The Morgan fingerprint density at radius 2 is 2.00 bits per heavy atom. The second kappa shape index (κ2) is 4.39. The summed E-state index contributed by atoms with van der Waals surface area (Å²) in [6.45, 7) is 3.18. The number of alkyl halides is 1. The van der Waals surface area contributed by atoms with E-state index in [4.69, 9.17) is 4.55 Å². The molecule has 0 heterocycles. The molecule has 0 bridgehead atoms. The van der Waals surface area contributed by atoms with Crippen LogP contribution in [0.5, 0.6) is 0 Å². The Bertz CT molecular complexity index is 279. The van der Waals surface area contributed by atoms with E-state index in [9.17, 15) is 13.2 Å². The van der Waals surface area contributed by atoms with Crippen LogP contribution in [-0.2, 0) is 14.9 Å². The fourth-order valence-electron chi connectivity index (χ4n) is 0.504. The van der Waals surface area contributed by atoms with Gasteiger partial charge in [0.2, 0.25) is 5.91 Å². The molecule has 2 N–H and O–H groups in total. The zero-order valence-electron chi connectivity index (χ0n) is 7.37. The first-order valence-corrected chi connectivity index (χ1v) is 5.95. The highest BCUT2D eigenvalue weighted by atomic mass is 79.9. The van der Waals surface area contributed by atoms with Gasteiger partial charge in [0, 0.05) is 6.54 Å². The molecule has 0 aromatic carbocycles. The number of amides is 1. The van der Waals surface area contributed by atoms with E-state index in [-0.39, 0.29) is 12.5 Å². The Morgan fingerprint density at radius 1 is 1.54 bits per heavy atom. The lowest BCUT2D eigenvalue weighted by Crippen LogP contribution is -2.39. The van der Waals surface area contributed by atoms with Crippen molar-refractivity contribution in [1.29, 1.82) is 0 Å².